The van der Waals surface area contributed by atoms with Gasteiger partial charge >= 0.3 is 0 Å². The van der Waals surface area contributed by atoms with Crippen molar-refractivity contribution in [1.82, 2.24) is 0 Å². The molecule has 0 bridgehead atoms. The Hall–Kier alpha value is -2.81. The Morgan fingerprint density at radius 1 is 1.05 bits per heavy atom. The van der Waals surface area contributed by atoms with Crippen LogP contribution in [0.3, 0.4) is 0 Å². The summed E-state index contributed by atoms with van der Waals surface area (Å²) in [6, 6.07) is 16.4. The first-order valence-corrected chi connectivity index (χ1v) is 6.82. The van der Waals surface area contributed by atoms with Crippen molar-refractivity contribution < 1.29 is 0 Å². The van der Waals surface area contributed by atoms with Gasteiger partial charge in [0.15, 0.2) is 5.96 Å². The highest BCUT2D eigenvalue weighted by Crippen LogP contribution is 2.30. The number of guanidine groups is 1. The number of fused-ring (bicyclic) bond motifs is 1. The Morgan fingerprint density at radius 3 is 2.48 bits per heavy atom. The van der Waals surface area contributed by atoms with Gasteiger partial charge in [-0.15, -0.1) is 0 Å². The Labute approximate surface area is 124 Å². The average Bonchev–Trinajstić information content (AvgIpc) is 2.91. The minimum Gasteiger partial charge on any atom is -0.370 e. The van der Waals surface area contributed by atoms with E-state index >= 15 is 0 Å². The van der Waals surface area contributed by atoms with Crippen molar-refractivity contribution in [3.8, 4) is 0 Å². The summed E-state index contributed by atoms with van der Waals surface area (Å²) in [5.74, 6) is 0.0359. The summed E-state index contributed by atoms with van der Waals surface area (Å²) in [4.78, 5) is 1.64. The third-order valence-electron chi connectivity index (χ3n) is 3.68. The van der Waals surface area contributed by atoms with E-state index in [4.69, 9.17) is 11.1 Å². The van der Waals surface area contributed by atoms with Crippen LogP contribution in [0.4, 0.5) is 5.69 Å². The van der Waals surface area contributed by atoms with Crippen LogP contribution in [-0.2, 0) is 0 Å². The molecule has 0 atom stereocenters. The lowest BCUT2D eigenvalue weighted by molar-refractivity contribution is 1.20. The first-order valence-electron chi connectivity index (χ1n) is 6.82. The maximum atomic E-state index is 7.44. The van der Waals surface area contributed by atoms with Crippen LogP contribution in [0.5, 0.6) is 0 Å². The van der Waals surface area contributed by atoms with Crippen molar-refractivity contribution >= 4 is 29.4 Å². The highest BCUT2D eigenvalue weighted by Gasteiger charge is 2.09. The minimum atomic E-state index is 0.0359. The minimum absolute atomic E-state index is 0.0359. The predicted molar refractivity (Wildman–Crippen MR) is 90.1 cm³/mol. The summed E-state index contributed by atoms with van der Waals surface area (Å²) >= 11 is 0. The molecule has 2 aromatic carbocycles. The number of allylic oxidation sites excluding steroid dienone is 2. The number of nitrogens with zero attached hydrogens (tertiary/aromatic N) is 1. The highest BCUT2D eigenvalue weighted by atomic mass is 15.2. The lowest BCUT2D eigenvalue weighted by atomic mass is 10.0. The van der Waals surface area contributed by atoms with Gasteiger partial charge < -0.3 is 10.6 Å². The SMILES string of the molecule is CN(C(=N)N)c1ccc(/C=C2\C=Cc3ccccc32)cc1. The Kier molecular flexibility index (Phi) is 3.32. The number of rotatable bonds is 2. The Bertz CT molecular complexity index is 739. The zero-order valence-electron chi connectivity index (χ0n) is 11.9. The van der Waals surface area contributed by atoms with Crippen LogP contribution in [0.25, 0.3) is 17.7 Å². The molecular weight excluding hydrogens is 258 g/mol. The van der Waals surface area contributed by atoms with Gasteiger partial charge in [-0.05, 0) is 40.5 Å². The van der Waals surface area contributed by atoms with Crippen molar-refractivity contribution in [3.63, 3.8) is 0 Å². The first-order chi connectivity index (χ1) is 10.1. The van der Waals surface area contributed by atoms with E-state index in [0.29, 0.717) is 0 Å². The molecule has 1 aliphatic carbocycles. The molecule has 104 valence electrons. The molecule has 1 aliphatic rings. The van der Waals surface area contributed by atoms with Crippen LogP contribution in [0.2, 0.25) is 0 Å². The van der Waals surface area contributed by atoms with Crippen LogP contribution >= 0.6 is 0 Å². The quantitative estimate of drug-likeness (QED) is 0.650. The van der Waals surface area contributed by atoms with Gasteiger partial charge in [0.25, 0.3) is 0 Å². The van der Waals surface area contributed by atoms with Gasteiger partial charge in [0.05, 0.1) is 0 Å². The van der Waals surface area contributed by atoms with Gasteiger partial charge in [-0.25, -0.2) is 0 Å². The highest BCUT2D eigenvalue weighted by molar-refractivity contribution is 5.98. The van der Waals surface area contributed by atoms with E-state index in [-0.39, 0.29) is 5.96 Å². The number of nitrogens with two attached hydrogens (primary N) is 1. The molecule has 0 spiro atoms. The summed E-state index contributed by atoms with van der Waals surface area (Å²) in [5, 5.41) is 7.44. The third-order valence-corrected chi connectivity index (χ3v) is 3.68. The fraction of sp³-hybridized carbons (Fsp3) is 0.0556. The molecule has 0 saturated heterocycles. The van der Waals surface area contributed by atoms with Crippen molar-refractivity contribution in [1.29, 1.82) is 5.41 Å². The topological polar surface area (TPSA) is 53.1 Å². The fourth-order valence-corrected chi connectivity index (χ4v) is 2.41. The maximum absolute atomic E-state index is 7.44. The van der Waals surface area contributed by atoms with Crippen molar-refractivity contribution in [3.05, 3.63) is 71.3 Å². The average molecular weight is 275 g/mol. The van der Waals surface area contributed by atoms with Crippen LogP contribution in [0, 0.1) is 5.41 Å². The largest absolute Gasteiger partial charge is 0.370 e. The molecule has 0 amide bonds. The zero-order valence-corrected chi connectivity index (χ0v) is 11.9. The number of anilines is 1. The van der Waals surface area contributed by atoms with E-state index in [1.165, 1.54) is 16.7 Å². The molecule has 2 aromatic rings. The maximum Gasteiger partial charge on any atom is 0.192 e. The Balaban J connectivity index is 1.88. The lowest BCUT2D eigenvalue weighted by Crippen LogP contribution is -2.32. The van der Waals surface area contributed by atoms with Crippen LogP contribution in [-0.4, -0.2) is 13.0 Å². The standard InChI is InChI=1S/C18H17N3/c1-21(18(19)20)16-10-6-13(7-11-16)12-15-9-8-14-4-2-3-5-17(14)15/h2-12H,1H3,(H3,19,20)/b15-12+. The first kappa shape index (κ1) is 13.2. The van der Waals surface area contributed by atoms with Gasteiger partial charge in [-0.3, -0.25) is 5.41 Å². The van der Waals surface area contributed by atoms with Gasteiger partial charge in [0.2, 0.25) is 0 Å². The van der Waals surface area contributed by atoms with Crippen LogP contribution < -0.4 is 10.6 Å². The van der Waals surface area contributed by atoms with E-state index in [1.54, 1.807) is 11.9 Å². The molecule has 0 saturated carbocycles. The van der Waals surface area contributed by atoms with E-state index in [9.17, 15) is 0 Å². The van der Waals surface area contributed by atoms with Crippen LogP contribution in [0.1, 0.15) is 16.7 Å². The second kappa shape index (κ2) is 5.29. The third kappa shape index (κ3) is 2.58. The number of hydrogen-bond acceptors (Lipinski definition) is 1. The summed E-state index contributed by atoms with van der Waals surface area (Å²) in [5.41, 5.74) is 11.3. The lowest BCUT2D eigenvalue weighted by Gasteiger charge is -2.16. The Morgan fingerprint density at radius 2 is 1.76 bits per heavy atom. The summed E-state index contributed by atoms with van der Waals surface area (Å²) in [7, 11) is 1.78. The summed E-state index contributed by atoms with van der Waals surface area (Å²) < 4.78 is 0. The molecule has 0 fully saturated rings. The smallest absolute Gasteiger partial charge is 0.192 e. The van der Waals surface area contributed by atoms with Crippen molar-refractivity contribution in [2.75, 3.05) is 11.9 Å². The molecular formula is C18H17N3. The molecule has 0 radical (unpaired) electrons. The number of benzene rings is 2. The van der Waals surface area contributed by atoms with E-state index in [0.717, 1.165) is 11.3 Å². The van der Waals surface area contributed by atoms with Crippen LogP contribution in [0.15, 0.2) is 54.6 Å². The number of nitrogens with one attached hydrogen (secondary N) is 1. The van der Waals surface area contributed by atoms with Crippen molar-refractivity contribution in [2.24, 2.45) is 5.73 Å². The zero-order chi connectivity index (χ0) is 14.8. The summed E-state index contributed by atoms with van der Waals surface area (Å²) in [6.07, 6.45) is 6.44. The van der Waals surface area contributed by atoms with Gasteiger partial charge in [0.1, 0.15) is 0 Å². The molecule has 3 N–H and O–H groups in total. The summed E-state index contributed by atoms with van der Waals surface area (Å²) in [6.45, 7) is 0. The predicted octanol–water partition coefficient (Wildman–Crippen LogP) is 3.58. The molecule has 3 nitrogen and oxygen atoms in total. The normalized spacial score (nSPS) is 14.2. The molecule has 0 heterocycles. The monoisotopic (exact) mass is 275 g/mol. The van der Waals surface area contributed by atoms with Crippen molar-refractivity contribution in [2.45, 2.75) is 0 Å². The van der Waals surface area contributed by atoms with Gasteiger partial charge in [-0.2, -0.15) is 0 Å². The van der Waals surface area contributed by atoms with Gasteiger partial charge in [0, 0.05) is 12.7 Å². The van der Waals surface area contributed by atoms with E-state index in [2.05, 4.69) is 42.5 Å². The molecule has 0 aliphatic heterocycles. The van der Waals surface area contributed by atoms with E-state index in [1.807, 2.05) is 24.3 Å². The van der Waals surface area contributed by atoms with Gasteiger partial charge in [-0.1, -0.05) is 48.6 Å². The number of hydrogen-bond donors (Lipinski definition) is 2. The van der Waals surface area contributed by atoms with E-state index < -0.39 is 0 Å². The molecule has 0 aromatic heterocycles. The molecule has 21 heavy (non-hydrogen) atoms. The fourth-order valence-electron chi connectivity index (χ4n) is 2.41. The second-order valence-corrected chi connectivity index (χ2v) is 5.06. The molecule has 0 unspecified atom stereocenters. The molecule has 3 heteroatoms. The second-order valence-electron chi connectivity index (χ2n) is 5.06. The molecule has 3 rings (SSSR count).